The van der Waals surface area contributed by atoms with Crippen molar-refractivity contribution >= 4 is 17.5 Å². The predicted octanol–water partition coefficient (Wildman–Crippen LogP) is 1.51. The zero-order valence-corrected chi connectivity index (χ0v) is 8.38. The smallest absolute Gasteiger partial charge is 0.274 e. The van der Waals surface area contributed by atoms with Crippen LogP contribution in [0.25, 0.3) is 0 Å². The minimum absolute atomic E-state index is 0.0427. The van der Waals surface area contributed by atoms with E-state index >= 15 is 0 Å². The van der Waals surface area contributed by atoms with E-state index in [1.807, 2.05) is 0 Å². The largest absolute Gasteiger partial charge is 0.297 e. The van der Waals surface area contributed by atoms with E-state index in [9.17, 15) is 9.18 Å². The van der Waals surface area contributed by atoms with Crippen LogP contribution in [0.4, 0.5) is 4.39 Å². The minimum Gasteiger partial charge on any atom is -0.274 e. The third-order valence-electron chi connectivity index (χ3n) is 1.57. The van der Waals surface area contributed by atoms with Crippen molar-refractivity contribution in [1.82, 2.24) is 10.0 Å². The molecule has 4 nitrogen and oxygen atoms in total. The highest BCUT2D eigenvalue weighted by Crippen LogP contribution is 2.15. The average molecular weight is 219 g/mol. The van der Waals surface area contributed by atoms with Crippen molar-refractivity contribution in [2.24, 2.45) is 0 Å². The molecule has 0 saturated carbocycles. The van der Waals surface area contributed by atoms with Gasteiger partial charge in [-0.05, 0) is 6.07 Å². The second-order valence-electron chi connectivity index (χ2n) is 2.47. The summed E-state index contributed by atoms with van der Waals surface area (Å²) in [6, 6.07) is 1.02. The first-order valence-electron chi connectivity index (χ1n) is 3.69. The van der Waals surface area contributed by atoms with Crippen LogP contribution in [0.2, 0.25) is 5.02 Å². The van der Waals surface area contributed by atoms with Gasteiger partial charge >= 0.3 is 0 Å². The lowest BCUT2D eigenvalue weighted by Crippen LogP contribution is -2.26. The number of hydroxylamine groups is 2. The van der Waals surface area contributed by atoms with Gasteiger partial charge in [0.05, 0.1) is 18.3 Å². The number of aromatic nitrogens is 1. The van der Waals surface area contributed by atoms with Gasteiger partial charge in [0.2, 0.25) is 0 Å². The molecule has 0 saturated heterocycles. The van der Waals surface area contributed by atoms with Crippen LogP contribution < -0.4 is 0 Å². The number of pyridine rings is 1. The zero-order valence-electron chi connectivity index (χ0n) is 7.62. The lowest BCUT2D eigenvalue weighted by atomic mass is 10.3. The molecule has 0 radical (unpaired) electrons. The molecular weight excluding hydrogens is 211 g/mol. The molecule has 1 aromatic heterocycles. The van der Waals surface area contributed by atoms with E-state index < -0.39 is 11.7 Å². The van der Waals surface area contributed by atoms with Crippen LogP contribution in [0.3, 0.4) is 0 Å². The Morgan fingerprint density at radius 3 is 2.86 bits per heavy atom. The Morgan fingerprint density at radius 2 is 2.36 bits per heavy atom. The highest BCUT2D eigenvalue weighted by atomic mass is 35.5. The minimum atomic E-state index is -0.591. The summed E-state index contributed by atoms with van der Waals surface area (Å²) in [5, 5.41) is 0.908. The Kier molecular flexibility index (Phi) is 3.38. The molecule has 0 aliphatic carbocycles. The number of rotatable bonds is 2. The van der Waals surface area contributed by atoms with Gasteiger partial charge in [-0.3, -0.25) is 9.63 Å². The molecule has 0 aliphatic rings. The summed E-state index contributed by atoms with van der Waals surface area (Å²) in [5.41, 5.74) is -0.0441. The fourth-order valence-electron chi connectivity index (χ4n) is 0.804. The maximum Gasteiger partial charge on any atom is 0.297 e. The summed E-state index contributed by atoms with van der Waals surface area (Å²) in [4.78, 5) is 19.7. The quantitative estimate of drug-likeness (QED) is 0.707. The van der Waals surface area contributed by atoms with Crippen LogP contribution in [0.15, 0.2) is 12.3 Å². The van der Waals surface area contributed by atoms with Crippen LogP contribution in [0.5, 0.6) is 0 Å². The topological polar surface area (TPSA) is 42.4 Å². The van der Waals surface area contributed by atoms with Crippen LogP contribution in [0.1, 0.15) is 10.5 Å². The molecule has 6 heteroatoms. The summed E-state index contributed by atoms with van der Waals surface area (Å²) in [6.45, 7) is 0. The first-order chi connectivity index (χ1) is 6.56. The number of carbonyl (C=O) groups excluding carboxylic acids is 1. The van der Waals surface area contributed by atoms with Crippen molar-refractivity contribution in [2.45, 2.75) is 0 Å². The summed E-state index contributed by atoms with van der Waals surface area (Å²) in [5.74, 6) is -1.12. The molecule has 0 unspecified atom stereocenters. The van der Waals surface area contributed by atoms with E-state index in [4.69, 9.17) is 11.6 Å². The molecule has 0 spiro atoms. The SMILES string of the molecule is CON(C)C(=O)c1ncc(F)cc1Cl. The first-order valence-corrected chi connectivity index (χ1v) is 4.07. The number of amides is 1. The molecule has 1 aromatic rings. The fourth-order valence-corrected chi connectivity index (χ4v) is 1.04. The second-order valence-corrected chi connectivity index (χ2v) is 2.88. The highest BCUT2D eigenvalue weighted by Gasteiger charge is 2.16. The number of halogens is 2. The second kappa shape index (κ2) is 4.34. The van der Waals surface area contributed by atoms with E-state index in [1.165, 1.54) is 14.2 Å². The predicted molar refractivity (Wildman–Crippen MR) is 48.3 cm³/mol. The van der Waals surface area contributed by atoms with Gasteiger partial charge in [-0.1, -0.05) is 11.6 Å². The molecule has 0 bridgehead atoms. The molecule has 1 heterocycles. The van der Waals surface area contributed by atoms with Crippen molar-refractivity contribution in [3.63, 3.8) is 0 Å². The van der Waals surface area contributed by atoms with Gasteiger partial charge in [0.25, 0.3) is 5.91 Å². The number of hydrogen-bond donors (Lipinski definition) is 0. The van der Waals surface area contributed by atoms with Crippen LogP contribution in [-0.2, 0) is 4.84 Å². The number of carbonyl (C=O) groups is 1. The Labute approximate surface area is 85.2 Å². The molecule has 14 heavy (non-hydrogen) atoms. The maximum absolute atomic E-state index is 12.6. The average Bonchev–Trinajstić information content (AvgIpc) is 2.15. The van der Waals surface area contributed by atoms with Crippen LogP contribution >= 0.6 is 11.6 Å². The van der Waals surface area contributed by atoms with Gasteiger partial charge in [-0.25, -0.2) is 14.4 Å². The molecular formula is C8H8ClFN2O2. The third kappa shape index (κ3) is 2.18. The van der Waals surface area contributed by atoms with Gasteiger partial charge in [0, 0.05) is 7.05 Å². The van der Waals surface area contributed by atoms with E-state index in [0.29, 0.717) is 0 Å². The van der Waals surface area contributed by atoms with Crippen molar-refractivity contribution in [3.05, 3.63) is 28.8 Å². The van der Waals surface area contributed by atoms with E-state index in [0.717, 1.165) is 17.3 Å². The monoisotopic (exact) mass is 218 g/mol. The molecule has 0 N–H and O–H groups in total. The number of hydrogen-bond acceptors (Lipinski definition) is 3. The van der Waals surface area contributed by atoms with Gasteiger partial charge < -0.3 is 0 Å². The third-order valence-corrected chi connectivity index (χ3v) is 1.86. The summed E-state index contributed by atoms with van der Waals surface area (Å²) in [7, 11) is 2.74. The molecule has 1 amide bonds. The van der Waals surface area contributed by atoms with Gasteiger partial charge in [0.15, 0.2) is 0 Å². The van der Waals surface area contributed by atoms with E-state index in [-0.39, 0.29) is 10.7 Å². The van der Waals surface area contributed by atoms with Crippen molar-refractivity contribution < 1.29 is 14.0 Å². The Bertz CT molecular complexity index is 359. The molecule has 76 valence electrons. The molecule has 0 aromatic carbocycles. The van der Waals surface area contributed by atoms with Gasteiger partial charge in [-0.15, -0.1) is 0 Å². The molecule has 0 atom stereocenters. The Balaban J connectivity index is 3.02. The van der Waals surface area contributed by atoms with Crippen LogP contribution in [0, 0.1) is 5.82 Å². The summed E-state index contributed by atoms with van der Waals surface area (Å²) in [6.07, 6.45) is 0.919. The van der Waals surface area contributed by atoms with Crippen LogP contribution in [-0.4, -0.2) is 30.1 Å². The van der Waals surface area contributed by atoms with Crippen molar-refractivity contribution in [3.8, 4) is 0 Å². The van der Waals surface area contributed by atoms with E-state index in [2.05, 4.69) is 9.82 Å². The molecule has 0 aliphatic heterocycles. The lowest BCUT2D eigenvalue weighted by molar-refractivity contribution is -0.0760. The molecule has 1 rings (SSSR count). The Morgan fingerprint density at radius 1 is 1.71 bits per heavy atom. The number of nitrogens with zero attached hydrogens (tertiary/aromatic N) is 2. The normalized spacial score (nSPS) is 10.0. The lowest BCUT2D eigenvalue weighted by Gasteiger charge is -2.13. The van der Waals surface area contributed by atoms with E-state index in [1.54, 1.807) is 0 Å². The first kappa shape index (κ1) is 10.9. The zero-order chi connectivity index (χ0) is 10.7. The van der Waals surface area contributed by atoms with Gasteiger partial charge in [-0.2, -0.15) is 0 Å². The van der Waals surface area contributed by atoms with Crippen molar-refractivity contribution in [1.29, 1.82) is 0 Å². The highest BCUT2D eigenvalue weighted by molar-refractivity contribution is 6.33. The molecule has 0 fully saturated rings. The summed E-state index contributed by atoms with van der Waals surface area (Å²) < 4.78 is 12.6. The summed E-state index contributed by atoms with van der Waals surface area (Å²) >= 11 is 5.62. The van der Waals surface area contributed by atoms with Gasteiger partial charge in [0.1, 0.15) is 11.5 Å². The fraction of sp³-hybridized carbons (Fsp3) is 0.250. The van der Waals surface area contributed by atoms with Crippen molar-refractivity contribution in [2.75, 3.05) is 14.2 Å². The maximum atomic E-state index is 12.6. The standard InChI is InChI=1S/C8H8ClFN2O2/c1-12(14-2)8(13)7-6(9)3-5(10)4-11-7/h3-4H,1-2H3. The Hall–Kier alpha value is -1.20.